The van der Waals surface area contributed by atoms with Gasteiger partial charge in [-0.1, -0.05) is 0 Å². The summed E-state index contributed by atoms with van der Waals surface area (Å²) in [5, 5.41) is 20.1. The van der Waals surface area contributed by atoms with Crippen LogP contribution in [-0.2, 0) is 7.05 Å². The number of anilines is 2. The molecule has 0 atom stereocenters. The van der Waals surface area contributed by atoms with E-state index in [0.717, 1.165) is 6.20 Å². The Kier molecular flexibility index (Phi) is 3.60. The van der Waals surface area contributed by atoms with Crippen molar-refractivity contribution in [2.24, 2.45) is 7.05 Å². The minimum absolute atomic E-state index is 0.0711. The highest BCUT2D eigenvalue weighted by Gasteiger charge is 2.21. The average molecular weight is 276 g/mol. The number of rotatable bonds is 4. The van der Waals surface area contributed by atoms with Gasteiger partial charge in [0.05, 0.1) is 16.8 Å². The van der Waals surface area contributed by atoms with Crippen molar-refractivity contribution in [2.75, 3.05) is 17.7 Å². The van der Waals surface area contributed by atoms with E-state index in [1.165, 1.54) is 16.9 Å². The van der Waals surface area contributed by atoms with E-state index < -0.39 is 10.8 Å². The van der Waals surface area contributed by atoms with Gasteiger partial charge in [0.1, 0.15) is 17.6 Å². The first-order chi connectivity index (χ1) is 9.51. The standard InChI is InChI=1S/C11H12N6O3/c1-12-10-3-8(9(5-13-10)17(19)20)11(18)15-7-4-14-16(2)6-7/h3-6H,1-2H3,(H,12,13)(H,15,18). The quantitative estimate of drug-likeness (QED) is 0.636. The van der Waals surface area contributed by atoms with E-state index in [2.05, 4.69) is 20.7 Å². The van der Waals surface area contributed by atoms with Crippen LogP contribution in [0.1, 0.15) is 10.4 Å². The minimum Gasteiger partial charge on any atom is -0.373 e. The lowest BCUT2D eigenvalue weighted by Crippen LogP contribution is -2.14. The highest BCUT2D eigenvalue weighted by atomic mass is 16.6. The Morgan fingerprint density at radius 2 is 2.20 bits per heavy atom. The fourth-order valence-electron chi connectivity index (χ4n) is 1.60. The summed E-state index contributed by atoms with van der Waals surface area (Å²) in [6.45, 7) is 0. The second-order valence-electron chi connectivity index (χ2n) is 3.95. The van der Waals surface area contributed by atoms with Gasteiger partial charge in [0.2, 0.25) is 0 Å². The lowest BCUT2D eigenvalue weighted by Gasteiger charge is -2.05. The van der Waals surface area contributed by atoms with Crippen LogP contribution in [0.15, 0.2) is 24.7 Å². The summed E-state index contributed by atoms with van der Waals surface area (Å²) in [4.78, 5) is 26.2. The molecule has 0 aliphatic carbocycles. The molecular formula is C11H12N6O3. The van der Waals surface area contributed by atoms with Crippen LogP contribution in [0.5, 0.6) is 0 Å². The molecule has 104 valence electrons. The second-order valence-corrected chi connectivity index (χ2v) is 3.95. The molecule has 0 radical (unpaired) electrons. The third kappa shape index (κ3) is 2.71. The number of nitrogens with one attached hydrogen (secondary N) is 2. The first-order valence-electron chi connectivity index (χ1n) is 5.63. The van der Waals surface area contributed by atoms with E-state index in [1.54, 1.807) is 20.3 Å². The predicted octanol–water partition coefficient (Wildman–Crippen LogP) is 1.02. The first-order valence-corrected chi connectivity index (χ1v) is 5.63. The molecule has 20 heavy (non-hydrogen) atoms. The van der Waals surface area contributed by atoms with Crippen molar-refractivity contribution in [3.8, 4) is 0 Å². The summed E-state index contributed by atoms with van der Waals surface area (Å²) in [5.41, 5.74) is 0.0261. The van der Waals surface area contributed by atoms with E-state index in [-0.39, 0.29) is 11.3 Å². The Labute approximate surface area is 113 Å². The Morgan fingerprint density at radius 3 is 2.75 bits per heavy atom. The largest absolute Gasteiger partial charge is 0.373 e. The molecule has 0 aliphatic rings. The van der Waals surface area contributed by atoms with E-state index >= 15 is 0 Å². The number of pyridine rings is 1. The normalized spacial score (nSPS) is 10.1. The number of nitro groups is 1. The topological polar surface area (TPSA) is 115 Å². The number of carbonyl (C=O) groups is 1. The highest BCUT2D eigenvalue weighted by Crippen LogP contribution is 2.21. The Hall–Kier alpha value is -2.97. The van der Waals surface area contributed by atoms with Gasteiger partial charge < -0.3 is 10.6 Å². The molecule has 1 amide bonds. The molecule has 2 N–H and O–H groups in total. The van der Waals surface area contributed by atoms with Gasteiger partial charge in [-0.3, -0.25) is 19.6 Å². The molecule has 2 heterocycles. The number of aryl methyl sites for hydroxylation is 1. The van der Waals surface area contributed by atoms with Crippen molar-refractivity contribution < 1.29 is 9.72 Å². The average Bonchev–Trinajstić information content (AvgIpc) is 2.83. The molecule has 0 aromatic carbocycles. The molecule has 0 fully saturated rings. The molecule has 0 aliphatic heterocycles. The Balaban J connectivity index is 2.34. The van der Waals surface area contributed by atoms with Crippen LogP contribution in [0.3, 0.4) is 0 Å². The molecule has 0 saturated heterocycles. The van der Waals surface area contributed by atoms with Gasteiger partial charge in [-0.2, -0.15) is 5.10 Å². The molecule has 0 unspecified atom stereocenters. The number of hydrogen-bond acceptors (Lipinski definition) is 6. The summed E-state index contributed by atoms with van der Waals surface area (Å²) < 4.78 is 1.51. The molecular weight excluding hydrogens is 264 g/mol. The highest BCUT2D eigenvalue weighted by molar-refractivity contribution is 6.07. The maximum Gasteiger partial charge on any atom is 0.300 e. The van der Waals surface area contributed by atoms with Gasteiger partial charge in [0.15, 0.2) is 0 Å². The summed E-state index contributed by atoms with van der Waals surface area (Å²) in [6.07, 6.45) is 4.08. The molecule has 0 bridgehead atoms. The lowest BCUT2D eigenvalue weighted by atomic mass is 10.2. The van der Waals surface area contributed by atoms with Crippen molar-refractivity contribution in [3.63, 3.8) is 0 Å². The Bertz CT molecular complexity index is 666. The van der Waals surface area contributed by atoms with E-state index in [9.17, 15) is 14.9 Å². The van der Waals surface area contributed by atoms with Crippen LogP contribution in [-0.4, -0.2) is 32.6 Å². The van der Waals surface area contributed by atoms with Gasteiger partial charge in [0.25, 0.3) is 11.6 Å². The van der Waals surface area contributed by atoms with Crippen molar-refractivity contribution >= 4 is 23.1 Å². The van der Waals surface area contributed by atoms with Gasteiger partial charge >= 0.3 is 0 Å². The molecule has 2 aromatic heterocycles. The van der Waals surface area contributed by atoms with E-state index in [0.29, 0.717) is 11.5 Å². The smallest absolute Gasteiger partial charge is 0.300 e. The summed E-state index contributed by atoms with van der Waals surface area (Å²) >= 11 is 0. The van der Waals surface area contributed by atoms with Gasteiger partial charge in [0, 0.05) is 26.4 Å². The Morgan fingerprint density at radius 1 is 1.45 bits per heavy atom. The molecule has 0 saturated carbocycles. The van der Waals surface area contributed by atoms with Gasteiger partial charge in [-0.25, -0.2) is 4.98 Å². The van der Waals surface area contributed by atoms with Crippen LogP contribution in [0.4, 0.5) is 17.2 Å². The number of amides is 1. The molecule has 9 nitrogen and oxygen atoms in total. The van der Waals surface area contributed by atoms with Crippen LogP contribution in [0.25, 0.3) is 0 Å². The molecule has 9 heteroatoms. The van der Waals surface area contributed by atoms with Gasteiger partial charge in [-0.15, -0.1) is 0 Å². The minimum atomic E-state index is -0.648. The van der Waals surface area contributed by atoms with Crippen molar-refractivity contribution in [3.05, 3.63) is 40.3 Å². The zero-order valence-electron chi connectivity index (χ0n) is 10.8. The summed E-state index contributed by atoms with van der Waals surface area (Å²) in [6, 6.07) is 1.32. The maximum atomic E-state index is 12.1. The van der Waals surface area contributed by atoms with E-state index in [1.807, 2.05) is 0 Å². The fourth-order valence-corrected chi connectivity index (χ4v) is 1.60. The third-order valence-corrected chi connectivity index (χ3v) is 2.54. The van der Waals surface area contributed by atoms with E-state index in [4.69, 9.17) is 0 Å². The van der Waals surface area contributed by atoms with Crippen molar-refractivity contribution in [1.29, 1.82) is 0 Å². The van der Waals surface area contributed by atoms with Gasteiger partial charge in [-0.05, 0) is 0 Å². The maximum absolute atomic E-state index is 12.1. The van der Waals surface area contributed by atoms with Crippen molar-refractivity contribution in [1.82, 2.24) is 14.8 Å². The number of carbonyl (C=O) groups excluding carboxylic acids is 1. The zero-order valence-corrected chi connectivity index (χ0v) is 10.8. The third-order valence-electron chi connectivity index (χ3n) is 2.54. The number of aromatic nitrogens is 3. The van der Waals surface area contributed by atoms with Crippen LogP contribution in [0.2, 0.25) is 0 Å². The summed E-state index contributed by atoms with van der Waals surface area (Å²) in [7, 11) is 3.31. The lowest BCUT2D eigenvalue weighted by molar-refractivity contribution is -0.385. The molecule has 0 spiro atoms. The molecule has 2 rings (SSSR count). The monoisotopic (exact) mass is 276 g/mol. The molecule has 2 aromatic rings. The first kappa shape index (κ1) is 13.5. The number of hydrogen-bond donors (Lipinski definition) is 2. The zero-order chi connectivity index (χ0) is 14.7. The van der Waals surface area contributed by atoms with Crippen LogP contribution < -0.4 is 10.6 Å². The summed E-state index contributed by atoms with van der Waals surface area (Å²) in [5.74, 6) is -0.226. The fraction of sp³-hybridized carbons (Fsp3) is 0.182. The van der Waals surface area contributed by atoms with Crippen LogP contribution >= 0.6 is 0 Å². The predicted molar refractivity (Wildman–Crippen MR) is 71.6 cm³/mol. The SMILES string of the molecule is CNc1cc(C(=O)Nc2cnn(C)c2)c([N+](=O)[O-])cn1. The van der Waals surface area contributed by atoms with Crippen molar-refractivity contribution in [2.45, 2.75) is 0 Å². The number of nitrogens with zero attached hydrogens (tertiary/aromatic N) is 4. The van der Waals surface area contributed by atoms with Crippen LogP contribution in [0, 0.1) is 10.1 Å². The second kappa shape index (κ2) is 5.34.